The standard InChI is InChI=1S/C28H23ClF4N3O3S/c1-5-40-26(35(2)3)15-9-12-18-22(14-15)36(25(37)23-19(28(31,32)33)7-6-8-20(23)29)34-24(18)17-11-10-16(13-21(17)30)27(38)39-4/h6-14H,5H2,1-4H3/q+1. The van der Waals surface area contributed by atoms with Gasteiger partial charge in [-0.25, -0.2) is 13.8 Å². The van der Waals surface area contributed by atoms with Crippen LogP contribution in [0.5, 0.6) is 0 Å². The zero-order valence-corrected chi connectivity index (χ0v) is 23.3. The van der Waals surface area contributed by atoms with Crippen LogP contribution in [0.3, 0.4) is 0 Å². The average molecular weight is 593 g/mol. The first-order chi connectivity index (χ1) is 18.9. The van der Waals surface area contributed by atoms with E-state index in [4.69, 9.17) is 11.6 Å². The van der Waals surface area contributed by atoms with E-state index < -0.39 is 40.0 Å². The van der Waals surface area contributed by atoms with Crippen molar-refractivity contribution in [2.75, 3.05) is 27.0 Å². The zero-order chi connectivity index (χ0) is 29.4. The van der Waals surface area contributed by atoms with Gasteiger partial charge in [0.05, 0.1) is 39.9 Å². The third kappa shape index (κ3) is 5.48. The topological polar surface area (TPSA) is 64.2 Å². The van der Waals surface area contributed by atoms with E-state index in [-0.39, 0.29) is 22.3 Å². The number of aromatic nitrogens is 2. The fraction of sp³-hybridized carbons (Fsp3) is 0.214. The van der Waals surface area contributed by atoms with Crippen LogP contribution in [0.25, 0.3) is 22.2 Å². The molecule has 0 aliphatic heterocycles. The highest BCUT2D eigenvalue weighted by Gasteiger charge is 2.37. The second-order valence-electron chi connectivity index (χ2n) is 8.78. The molecule has 208 valence electrons. The number of nitrogens with zero attached hydrogens (tertiary/aromatic N) is 3. The quantitative estimate of drug-likeness (QED) is 0.0842. The lowest BCUT2D eigenvalue weighted by Crippen LogP contribution is -2.20. The van der Waals surface area contributed by atoms with Gasteiger partial charge in [-0.05, 0) is 48.5 Å². The molecule has 0 aliphatic rings. The molecule has 0 amide bonds. The largest absolute Gasteiger partial charge is 0.465 e. The minimum absolute atomic E-state index is 0.000948. The van der Waals surface area contributed by atoms with Crippen LogP contribution in [0.4, 0.5) is 17.6 Å². The Labute approximate surface area is 236 Å². The third-order valence-corrected chi connectivity index (χ3v) is 7.46. The summed E-state index contributed by atoms with van der Waals surface area (Å²) in [5.41, 5.74) is -1.27. The number of hydrogen-bond acceptors (Lipinski definition) is 5. The molecule has 0 fully saturated rings. The molecule has 6 nitrogen and oxygen atoms in total. The predicted molar refractivity (Wildman–Crippen MR) is 147 cm³/mol. The van der Waals surface area contributed by atoms with Crippen LogP contribution < -0.4 is 0 Å². The van der Waals surface area contributed by atoms with Gasteiger partial charge in [-0.1, -0.05) is 36.4 Å². The maximum Gasteiger partial charge on any atom is 0.417 e. The first-order valence-electron chi connectivity index (χ1n) is 11.9. The lowest BCUT2D eigenvalue weighted by Gasteiger charge is -2.13. The van der Waals surface area contributed by atoms with Crippen molar-refractivity contribution >= 4 is 51.2 Å². The first-order valence-corrected chi connectivity index (χ1v) is 13.2. The maximum atomic E-state index is 15.3. The lowest BCUT2D eigenvalue weighted by atomic mass is 10.0. The number of carbonyl (C=O) groups excluding carboxylic acids is 2. The Kier molecular flexibility index (Phi) is 8.36. The molecule has 0 spiro atoms. The van der Waals surface area contributed by atoms with E-state index in [1.807, 2.05) is 25.6 Å². The predicted octanol–water partition coefficient (Wildman–Crippen LogP) is 6.76. The zero-order valence-electron chi connectivity index (χ0n) is 21.8. The summed E-state index contributed by atoms with van der Waals surface area (Å²) in [6.07, 6.45) is -4.87. The second kappa shape index (κ2) is 11.4. The van der Waals surface area contributed by atoms with Gasteiger partial charge < -0.3 is 4.74 Å². The molecule has 0 saturated carbocycles. The molecule has 0 N–H and O–H groups in total. The fourth-order valence-corrected chi connectivity index (χ4v) is 5.33. The lowest BCUT2D eigenvalue weighted by molar-refractivity contribution is -0.460. The maximum absolute atomic E-state index is 15.3. The van der Waals surface area contributed by atoms with E-state index in [0.717, 1.165) is 40.8 Å². The fourth-order valence-electron chi connectivity index (χ4n) is 4.24. The van der Waals surface area contributed by atoms with Crippen molar-refractivity contribution in [3.8, 4) is 11.3 Å². The monoisotopic (exact) mass is 592 g/mol. The average Bonchev–Trinajstić information content (AvgIpc) is 3.28. The number of hydrogen-bond donors (Lipinski definition) is 0. The molecule has 1 heterocycles. The van der Waals surface area contributed by atoms with Gasteiger partial charge in [0.15, 0.2) is 0 Å². The number of carbonyl (C=O) groups is 2. The van der Waals surface area contributed by atoms with Crippen molar-refractivity contribution in [2.45, 2.75) is 13.1 Å². The number of methoxy groups -OCH3 is 1. The molecule has 12 heteroatoms. The van der Waals surface area contributed by atoms with Crippen LogP contribution in [-0.2, 0) is 10.9 Å². The Bertz CT molecular complexity index is 1680. The molecule has 3 aromatic carbocycles. The number of fused-ring (bicyclic) bond motifs is 1. The van der Waals surface area contributed by atoms with Crippen LogP contribution in [0.2, 0.25) is 5.02 Å². The van der Waals surface area contributed by atoms with E-state index in [1.165, 1.54) is 30.0 Å². The van der Waals surface area contributed by atoms with Gasteiger partial charge in [0.25, 0.3) is 5.91 Å². The van der Waals surface area contributed by atoms with Gasteiger partial charge in [0.2, 0.25) is 5.04 Å². The van der Waals surface area contributed by atoms with Crippen LogP contribution in [0.1, 0.15) is 38.8 Å². The van der Waals surface area contributed by atoms with E-state index in [2.05, 4.69) is 9.84 Å². The van der Waals surface area contributed by atoms with Gasteiger partial charge >= 0.3 is 12.1 Å². The minimum atomic E-state index is -4.87. The summed E-state index contributed by atoms with van der Waals surface area (Å²) in [7, 11) is 4.84. The Balaban J connectivity index is 2.03. The Morgan fingerprint density at radius 3 is 2.38 bits per heavy atom. The van der Waals surface area contributed by atoms with Crippen molar-refractivity contribution < 1.29 is 36.5 Å². The summed E-state index contributed by atoms with van der Waals surface area (Å²) >= 11 is 7.66. The normalized spacial score (nSPS) is 11.5. The van der Waals surface area contributed by atoms with Crippen molar-refractivity contribution in [1.82, 2.24) is 9.78 Å². The van der Waals surface area contributed by atoms with E-state index in [9.17, 15) is 22.8 Å². The molecule has 1 aromatic heterocycles. The SMILES string of the molecule is CCSC(c1ccc2c(-c3ccc(C(=O)OC)cc3F)nn(C(=O)c3c(Cl)cccc3C(F)(F)F)c2c1)=[N+](C)C. The van der Waals surface area contributed by atoms with E-state index >= 15 is 4.39 Å². The molecular formula is C28H23ClF4N3O3S+. The number of ether oxygens (including phenoxy) is 1. The number of alkyl halides is 3. The van der Waals surface area contributed by atoms with Crippen molar-refractivity contribution in [2.24, 2.45) is 0 Å². The highest BCUT2D eigenvalue weighted by Crippen LogP contribution is 2.37. The second-order valence-corrected chi connectivity index (χ2v) is 10.4. The van der Waals surface area contributed by atoms with Crippen molar-refractivity contribution in [1.29, 1.82) is 0 Å². The Hall–Kier alpha value is -3.70. The summed E-state index contributed by atoms with van der Waals surface area (Å²) in [6.45, 7) is 1.97. The summed E-state index contributed by atoms with van der Waals surface area (Å²) in [6, 6.07) is 11.6. The van der Waals surface area contributed by atoms with Crippen molar-refractivity contribution in [3.05, 3.63) is 87.7 Å². The highest BCUT2D eigenvalue weighted by atomic mass is 35.5. The van der Waals surface area contributed by atoms with E-state index in [1.54, 1.807) is 18.2 Å². The molecule has 4 aromatic rings. The number of halogens is 5. The Morgan fingerprint density at radius 2 is 1.77 bits per heavy atom. The van der Waals surface area contributed by atoms with Gasteiger partial charge in [0.1, 0.15) is 25.6 Å². The van der Waals surface area contributed by atoms with Crippen molar-refractivity contribution in [3.63, 3.8) is 0 Å². The molecule has 4 rings (SSSR count). The van der Waals surface area contributed by atoms with Crippen LogP contribution in [0, 0.1) is 5.82 Å². The number of benzene rings is 3. The molecule has 0 unspecified atom stereocenters. The third-order valence-electron chi connectivity index (χ3n) is 5.99. The molecule has 0 radical (unpaired) electrons. The molecule has 0 saturated heterocycles. The molecule has 0 atom stereocenters. The summed E-state index contributed by atoms with van der Waals surface area (Å²) in [5, 5.41) is 5.05. The number of rotatable bonds is 5. The summed E-state index contributed by atoms with van der Waals surface area (Å²) < 4.78 is 64.2. The van der Waals surface area contributed by atoms with Gasteiger partial charge in [-0.3, -0.25) is 4.79 Å². The molecule has 0 aliphatic carbocycles. The summed E-state index contributed by atoms with van der Waals surface area (Å²) in [4.78, 5) is 25.6. The Morgan fingerprint density at radius 1 is 1.07 bits per heavy atom. The molecular weight excluding hydrogens is 570 g/mol. The van der Waals surface area contributed by atoms with Gasteiger partial charge in [0, 0.05) is 16.7 Å². The summed E-state index contributed by atoms with van der Waals surface area (Å²) in [5.74, 6) is -1.98. The first kappa shape index (κ1) is 29.3. The van der Waals surface area contributed by atoms with E-state index in [0.29, 0.717) is 10.9 Å². The smallest absolute Gasteiger partial charge is 0.417 e. The minimum Gasteiger partial charge on any atom is -0.465 e. The van der Waals surface area contributed by atoms with Gasteiger partial charge in [-0.2, -0.15) is 23.0 Å². The molecule has 40 heavy (non-hydrogen) atoms. The van der Waals surface area contributed by atoms with Crippen LogP contribution in [0.15, 0.2) is 54.6 Å². The van der Waals surface area contributed by atoms with Crippen LogP contribution >= 0.6 is 23.4 Å². The molecule has 0 bridgehead atoms. The number of thioether (sulfide) groups is 1. The number of esters is 1. The van der Waals surface area contributed by atoms with Crippen LogP contribution in [-0.4, -0.2) is 58.2 Å². The highest BCUT2D eigenvalue weighted by molar-refractivity contribution is 8.14. The van der Waals surface area contributed by atoms with Gasteiger partial charge in [-0.15, -0.1) is 0 Å².